The fraction of sp³-hybridized carbons (Fsp3) is 0.975. The van der Waals surface area contributed by atoms with E-state index in [0.29, 0.717) is 13.0 Å². The molecule has 0 radical (unpaired) electrons. The molecular formula is C40H78O8. The molecule has 1 rings (SSSR count). The molecule has 1 aliphatic rings. The molecule has 0 bridgehead atoms. The number of ether oxygens (including phenoxy) is 3. The zero-order valence-electron chi connectivity index (χ0n) is 31.6. The van der Waals surface area contributed by atoms with Crippen molar-refractivity contribution >= 4 is 5.97 Å². The third-order valence-electron chi connectivity index (χ3n) is 10.4. The van der Waals surface area contributed by atoms with Gasteiger partial charge in [0.15, 0.2) is 0 Å². The number of hydrogen-bond acceptors (Lipinski definition) is 8. The van der Waals surface area contributed by atoms with E-state index in [-0.39, 0.29) is 19.2 Å². The number of unbranched alkanes of at least 4 members (excludes halogenated alkanes) is 16. The summed E-state index contributed by atoms with van der Waals surface area (Å²) in [5.41, 5.74) is 0. The second-order valence-corrected chi connectivity index (χ2v) is 15.0. The Bertz CT molecular complexity index is 722. The summed E-state index contributed by atoms with van der Waals surface area (Å²) < 4.78 is 17.2. The molecule has 8 nitrogen and oxygen atoms in total. The van der Waals surface area contributed by atoms with Gasteiger partial charge < -0.3 is 34.6 Å². The van der Waals surface area contributed by atoms with Crippen LogP contribution in [0.15, 0.2) is 0 Å². The summed E-state index contributed by atoms with van der Waals surface area (Å²) in [5, 5.41) is 40.1. The Labute approximate surface area is 295 Å². The van der Waals surface area contributed by atoms with E-state index in [4.69, 9.17) is 14.2 Å². The van der Waals surface area contributed by atoms with Crippen LogP contribution in [0.5, 0.6) is 0 Å². The monoisotopic (exact) mass is 687 g/mol. The van der Waals surface area contributed by atoms with Crippen LogP contribution >= 0.6 is 0 Å². The van der Waals surface area contributed by atoms with Gasteiger partial charge in [-0.3, -0.25) is 4.79 Å². The van der Waals surface area contributed by atoms with Gasteiger partial charge in [0.1, 0.15) is 36.6 Å². The Hall–Kier alpha value is -0.770. The van der Waals surface area contributed by atoms with E-state index >= 15 is 0 Å². The van der Waals surface area contributed by atoms with Gasteiger partial charge in [-0.1, -0.05) is 163 Å². The number of aliphatic hydroxyl groups excluding tert-OH is 4. The average molecular weight is 687 g/mol. The van der Waals surface area contributed by atoms with Crippen LogP contribution in [0.4, 0.5) is 0 Å². The van der Waals surface area contributed by atoms with Crippen LogP contribution < -0.4 is 0 Å². The van der Waals surface area contributed by atoms with Crippen LogP contribution in [0, 0.1) is 11.8 Å². The number of carbonyl (C=O) groups excluding carboxylic acids is 1. The maximum atomic E-state index is 12.6. The van der Waals surface area contributed by atoms with Gasteiger partial charge in [0.05, 0.1) is 13.2 Å². The van der Waals surface area contributed by atoms with Crippen LogP contribution in [0.25, 0.3) is 0 Å². The van der Waals surface area contributed by atoms with E-state index in [1.807, 2.05) is 0 Å². The number of esters is 1. The number of rotatable bonds is 33. The minimum atomic E-state index is -1.49. The molecule has 0 aliphatic heterocycles. The van der Waals surface area contributed by atoms with Crippen LogP contribution in [-0.4, -0.2) is 82.8 Å². The third-order valence-corrected chi connectivity index (χ3v) is 10.4. The van der Waals surface area contributed by atoms with E-state index in [1.54, 1.807) is 0 Å². The van der Waals surface area contributed by atoms with Crippen molar-refractivity contribution in [2.45, 2.75) is 218 Å². The van der Waals surface area contributed by atoms with E-state index in [0.717, 1.165) is 43.9 Å². The fourth-order valence-electron chi connectivity index (χ4n) is 6.66. The molecule has 0 saturated heterocycles. The molecule has 8 heteroatoms. The zero-order valence-corrected chi connectivity index (χ0v) is 31.6. The highest BCUT2D eigenvalue weighted by atomic mass is 16.6. The summed E-state index contributed by atoms with van der Waals surface area (Å²) in [7, 11) is 0. The molecule has 48 heavy (non-hydrogen) atoms. The molecule has 0 aromatic heterocycles. The highest BCUT2D eigenvalue weighted by Crippen LogP contribution is 2.25. The molecule has 1 unspecified atom stereocenters. The van der Waals surface area contributed by atoms with Gasteiger partial charge in [-0.15, -0.1) is 0 Å². The number of hydrogen-bond donors (Lipinski definition) is 4. The summed E-state index contributed by atoms with van der Waals surface area (Å²) in [6.07, 6.45) is 21.1. The third kappa shape index (κ3) is 22.1. The molecule has 0 aromatic rings. The number of aliphatic hydroxyl groups is 4. The van der Waals surface area contributed by atoms with Crippen molar-refractivity contribution < 1.29 is 39.4 Å². The molecule has 0 spiro atoms. The molecule has 0 aromatic carbocycles. The maximum absolute atomic E-state index is 12.6. The van der Waals surface area contributed by atoms with Crippen molar-refractivity contribution in [3.63, 3.8) is 0 Å². The van der Waals surface area contributed by atoms with Crippen molar-refractivity contribution in [1.82, 2.24) is 0 Å². The van der Waals surface area contributed by atoms with Crippen molar-refractivity contribution in [3.05, 3.63) is 0 Å². The highest BCUT2D eigenvalue weighted by Gasteiger charge is 2.49. The molecule has 1 saturated carbocycles. The summed E-state index contributed by atoms with van der Waals surface area (Å²) >= 11 is 0. The van der Waals surface area contributed by atoms with Crippen LogP contribution in [0.2, 0.25) is 0 Å². The second kappa shape index (κ2) is 29.9. The lowest BCUT2D eigenvalue weighted by molar-refractivity contribution is -0.163. The van der Waals surface area contributed by atoms with Gasteiger partial charge in [0, 0.05) is 13.0 Å². The molecule has 0 amide bonds. The molecule has 286 valence electrons. The smallest absolute Gasteiger partial charge is 0.306 e. The molecule has 1 fully saturated rings. The van der Waals surface area contributed by atoms with Gasteiger partial charge in [0.2, 0.25) is 0 Å². The van der Waals surface area contributed by atoms with Crippen molar-refractivity contribution in [2.24, 2.45) is 11.8 Å². The van der Waals surface area contributed by atoms with Crippen LogP contribution in [0.3, 0.4) is 0 Å². The topological polar surface area (TPSA) is 126 Å². The summed E-state index contributed by atoms with van der Waals surface area (Å²) in [5.74, 6) is 1.38. The minimum absolute atomic E-state index is 0.0989. The van der Waals surface area contributed by atoms with Gasteiger partial charge in [-0.2, -0.15) is 0 Å². The summed E-state index contributed by atoms with van der Waals surface area (Å²) in [4.78, 5) is 12.6. The van der Waals surface area contributed by atoms with E-state index in [2.05, 4.69) is 27.7 Å². The quantitative estimate of drug-likeness (QED) is 0.0401. The summed E-state index contributed by atoms with van der Waals surface area (Å²) in [6.45, 7) is 9.88. The van der Waals surface area contributed by atoms with Crippen molar-refractivity contribution in [1.29, 1.82) is 0 Å². The lowest BCUT2D eigenvalue weighted by atomic mass is 9.96. The first kappa shape index (κ1) is 45.3. The Morgan fingerprint density at radius 3 is 1.54 bits per heavy atom. The van der Waals surface area contributed by atoms with E-state index in [1.165, 1.54) is 116 Å². The molecule has 4 N–H and O–H groups in total. The SMILES string of the molecule is CCCCCC[C@H](C)CCCCCCCCCOC[C@@H](COC1[C@@H](O)[C@H](O)[C@H](O)[C@H]1O)OC(=O)CCCCCCCCCC[C@H](C)CC. The zero-order chi connectivity index (χ0) is 35.4. The Morgan fingerprint density at radius 1 is 0.562 bits per heavy atom. The average Bonchev–Trinajstić information content (AvgIpc) is 3.26. The highest BCUT2D eigenvalue weighted by molar-refractivity contribution is 5.69. The molecule has 8 atom stereocenters. The second-order valence-electron chi connectivity index (χ2n) is 15.0. The lowest BCUT2D eigenvalue weighted by Crippen LogP contribution is -2.39. The first-order valence-corrected chi connectivity index (χ1v) is 20.3. The molecule has 0 heterocycles. The normalized spacial score (nSPS) is 23.0. The lowest BCUT2D eigenvalue weighted by Gasteiger charge is -2.24. The maximum Gasteiger partial charge on any atom is 0.306 e. The molecule has 1 aliphatic carbocycles. The predicted molar refractivity (Wildman–Crippen MR) is 195 cm³/mol. The fourth-order valence-corrected chi connectivity index (χ4v) is 6.66. The standard InChI is InChI=1S/C40H78O8/c1-5-7-8-20-26-33(4)27-22-17-13-11-15-19-24-29-46-30-34(31-47-40-38(44)36(42)37(43)39(40)45)48-35(41)28-23-18-14-10-9-12-16-21-25-32(3)6-2/h32-34,36-40,42-45H,5-31H2,1-4H3/t32-,33+,34+,36-,37+,38+,39-,40?/m1/s1. The van der Waals surface area contributed by atoms with E-state index < -0.39 is 36.6 Å². The van der Waals surface area contributed by atoms with Gasteiger partial charge in [0.25, 0.3) is 0 Å². The summed E-state index contributed by atoms with van der Waals surface area (Å²) in [6, 6.07) is 0. The Morgan fingerprint density at radius 2 is 1.02 bits per heavy atom. The Kier molecular flexibility index (Phi) is 28.2. The predicted octanol–water partition coefficient (Wildman–Crippen LogP) is 8.43. The first-order valence-electron chi connectivity index (χ1n) is 20.3. The van der Waals surface area contributed by atoms with Crippen LogP contribution in [-0.2, 0) is 19.0 Å². The van der Waals surface area contributed by atoms with Crippen molar-refractivity contribution in [2.75, 3.05) is 19.8 Å². The Balaban J connectivity index is 2.25. The molecular weight excluding hydrogens is 608 g/mol. The number of carbonyl (C=O) groups is 1. The van der Waals surface area contributed by atoms with Crippen molar-refractivity contribution in [3.8, 4) is 0 Å². The van der Waals surface area contributed by atoms with E-state index in [9.17, 15) is 25.2 Å². The largest absolute Gasteiger partial charge is 0.457 e. The van der Waals surface area contributed by atoms with Gasteiger partial charge in [-0.25, -0.2) is 0 Å². The van der Waals surface area contributed by atoms with Gasteiger partial charge >= 0.3 is 5.97 Å². The van der Waals surface area contributed by atoms with Crippen LogP contribution in [0.1, 0.15) is 182 Å². The van der Waals surface area contributed by atoms with Gasteiger partial charge in [-0.05, 0) is 24.7 Å². The minimum Gasteiger partial charge on any atom is -0.457 e. The first-order chi connectivity index (χ1) is 23.2.